The molecule has 2 heterocycles. The number of nitrogens with zero attached hydrogens (tertiary/aromatic N) is 4. The van der Waals surface area contributed by atoms with Crippen molar-refractivity contribution >= 4 is 28.2 Å². The molecule has 0 aliphatic carbocycles. The summed E-state index contributed by atoms with van der Waals surface area (Å²) in [7, 11) is 0. The molecule has 0 bridgehead atoms. The van der Waals surface area contributed by atoms with Crippen LogP contribution in [0.1, 0.15) is 16.6 Å². The largest absolute Gasteiger partial charge is 0.382 e. The molecule has 0 fully saturated rings. The van der Waals surface area contributed by atoms with Crippen molar-refractivity contribution < 1.29 is 4.79 Å². The van der Waals surface area contributed by atoms with Crippen molar-refractivity contribution in [1.82, 2.24) is 25.3 Å². The smallest absolute Gasteiger partial charge is 0.265 e. The van der Waals surface area contributed by atoms with E-state index in [1.165, 1.54) is 11.3 Å². The minimum absolute atomic E-state index is 0.223. The van der Waals surface area contributed by atoms with Gasteiger partial charge in [0, 0.05) is 19.3 Å². The number of rotatable bonds is 6. The van der Waals surface area contributed by atoms with Crippen molar-refractivity contribution in [3.63, 3.8) is 0 Å². The number of aromatic nitrogens is 4. The minimum atomic E-state index is -0.223. The zero-order valence-corrected chi connectivity index (χ0v) is 11.3. The van der Waals surface area contributed by atoms with Crippen LogP contribution in [0.3, 0.4) is 0 Å². The van der Waals surface area contributed by atoms with Gasteiger partial charge in [-0.25, -0.2) is 4.98 Å². The maximum atomic E-state index is 11.9. The fraction of sp³-hybridized carbons (Fsp3) is 0.400. The highest BCUT2D eigenvalue weighted by atomic mass is 32.1. The van der Waals surface area contributed by atoms with Gasteiger partial charge in [-0.15, -0.1) is 5.10 Å². The molecule has 9 heteroatoms. The van der Waals surface area contributed by atoms with E-state index in [-0.39, 0.29) is 11.7 Å². The predicted molar refractivity (Wildman–Crippen MR) is 73.0 cm³/mol. The van der Waals surface area contributed by atoms with Crippen LogP contribution in [-0.2, 0) is 6.54 Å². The zero-order valence-electron chi connectivity index (χ0n) is 10.5. The van der Waals surface area contributed by atoms with Crippen LogP contribution in [0.4, 0.5) is 10.9 Å². The molecule has 0 saturated heterocycles. The fourth-order valence-corrected chi connectivity index (χ4v) is 2.31. The highest BCUT2D eigenvalue weighted by molar-refractivity contribution is 7.18. The zero-order chi connectivity index (χ0) is 13.7. The van der Waals surface area contributed by atoms with Crippen LogP contribution in [0.5, 0.6) is 0 Å². The van der Waals surface area contributed by atoms with Crippen molar-refractivity contribution in [1.29, 1.82) is 0 Å². The molecule has 0 radical (unpaired) electrons. The summed E-state index contributed by atoms with van der Waals surface area (Å²) >= 11 is 1.25. The van der Waals surface area contributed by atoms with Crippen molar-refractivity contribution in [2.45, 2.75) is 13.5 Å². The van der Waals surface area contributed by atoms with Crippen LogP contribution in [0.2, 0.25) is 0 Å². The average Bonchev–Trinajstić information content (AvgIpc) is 2.99. The van der Waals surface area contributed by atoms with Gasteiger partial charge in [-0.05, 0) is 6.92 Å². The topological polar surface area (TPSA) is 111 Å². The van der Waals surface area contributed by atoms with Crippen LogP contribution in [0, 0.1) is 0 Å². The second kappa shape index (κ2) is 6.14. The Balaban J connectivity index is 1.88. The number of nitrogen functional groups attached to an aromatic ring is 1. The molecule has 0 unspecified atom stereocenters. The highest BCUT2D eigenvalue weighted by Crippen LogP contribution is 2.24. The minimum Gasteiger partial charge on any atom is -0.382 e. The monoisotopic (exact) mass is 281 g/mol. The van der Waals surface area contributed by atoms with Crippen LogP contribution in [-0.4, -0.2) is 39.0 Å². The van der Waals surface area contributed by atoms with Crippen LogP contribution in [0.15, 0.2) is 12.4 Å². The lowest BCUT2D eigenvalue weighted by Crippen LogP contribution is -2.27. The van der Waals surface area contributed by atoms with Gasteiger partial charge in [0.05, 0.1) is 12.7 Å². The van der Waals surface area contributed by atoms with E-state index in [2.05, 4.69) is 25.9 Å². The molecule has 0 atom stereocenters. The molecule has 1 amide bonds. The Morgan fingerprint density at radius 3 is 3.11 bits per heavy atom. The van der Waals surface area contributed by atoms with Gasteiger partial charge < -0.3 is 16.4 Å². The third-order valence-electron chi connectivity index (χ3n) is 2.29. The summed E-state index contributed by atoms with van der Waals surface area (Å²) in [5.41, 5.74) is 5.71. The van der Waals surface area contributed by atoms with Crippen LogP contribution in [0.25, 0.3) is 0 Å². The Morgan fingerprint density at radius 2 is 2.42 bits per heavy atom. The molecule has 0 aliphatic rings. The molecule has 0 spiro atoms. The maximum Gasteiger partial charge on any atom is 0.265 e. The van der Waals surface area contributed by atoms with Gasteiger partial charge in [0.25, 0.3) is 5.91 Å². The van der Waals surface area contributed by atoms with Crippen molar-refractivity contribution in [2.24, 2.45) is 0 Å². The maximum absolute atomic E-state index is 11.9. The summed E-state index contributed by atoms with van der Waals surface area (Å²) in [6.07, 6.45) is 3.32. The van der Waals surface area contributed by atoms with Gasteiger partial charge in [0.1, 0.15) is 10.7 Å². The number of carbonyl (C=O) groups excluding carboxylic acids is 1. The van der Waals surface area contributed by atoms with Gasteiger partial charge in [-0.3, -0.25) is 9.48 Å². The number of hydrogen-bond acceptors (Lipinski definition) is 7. The Kier molecular flexibility index (Phi) is 4.29. The van der Waals surface area contributed by atoms with E-state index >= 15 is 0 Å². The molecule has 0 aliphatic heterocycles. The summed E-state index contributed by atoms with van der Waals surface area (Å²) in [4.78, 5) is 16.4. The first-order valence-corrected chi connectivity index (χ1v) is 6.64. The summed E-state index contributed by atoms with van der Waals surface area (Å²) < 4.78 is 1.64. The lowest BCUT2D eigenvalue weighted by molar-refractivity contribution is 0.0956. The molecule has 8 nitrogen and oxygen atoms in total. The van der Waals surface area contributed by atoms with E-state index in [1.807, 2.05) is 6.92 Å². The molecule has 102 valence electrons. The SMILES string of the molecule is CCNc1nc(N)c(C(=O)NCCn2ccnn2)s1. The van der Waals surface area contributed by atoms with E-state index < -0.39 is 0 Å². The first-order valence-electron chi connectivity index (χ1n) is 5.83. The van der Waals surface area contributed by atoms with Crippen molar-refractivity contribution in [2.75, 3.05) is 24.1 Å². The highest BCUT2D eigenvalue weighted by Gasteiger charge is 2.15. The summed E-state index contributed by atoms with van der Waals surface area (Å²) in [5.74, 6) is 0.0264. The summed E-state index contributed by atoms with van der Waals surface area (Å²) in [6.45, 7) is 3.70. The summed E-state index contributed by atoms with van der Waals surface area (Å²) in [5, 5.41) is 13.9. The number of anilines is 2. The Hall–Kier alpha value is -2.16. The summed E-state index contributed by atoms with van der Waals surface area (Å²) in [6, 6.07) is 0. The number of nitrogens with one attached hydrogen (secondary N) is 2. The first-order chi connectivity index (χ1) is 9.20. The number of carbonyl (C=O) groups is 1. The average molecular weight is 281 g/mol. The molecule has 4 N–H and O–H groups in total. The normalized spacial score (nSPS) is 10.4. The third-order valence-corrected chi connectivity index (χ3v) is 3.31. The van der Waals surface area contributed by atoms with Gasteiger partial charge in [0.15, 0.2) is 5.13 Å². The fourth-order valence-electron chi connectivity index (χ4n) is 1.44. The number of nitrogens with two attached hydrogens (primary N) is 1. The Bertz CT molecular complexity index is 536. The lowest BCUT2D eigenvalue weighted by Gasteiger charge is -2.03. The van der Waals surface area contributed by atoms with Crippen LogP contribution >= 0.6 is 11.3 Å². The lowest BCUT2D eigenvalue weighted by atomic mass is 10.4. The molecule has 2 aromatic heterocycles. The molecular formula is C10H15N7OS. The van der Waals surface area contributed by atoms with E-state index in [1.54, 1.807) is 17.1 Å². The molecule has 2 rings (SSSR count). The van der Waals surface area contributed by atoms with E-state index in [9.17, 15) is 4.79 Å². The third kappa shape index (κ3) is 3.41. The Labute approximate surface area is 114 Å². The first kappa shape index (κ1) is 13.3. The molecular weight excluding hydrogens is 266 g/mol. The van der Waals surface area contributed by atoms with E-state index in [4.69, 9.17) is 5.73 Å². The van der Waals surface area contributed by atoms with Gasteiger partial charge in [-0.1, -0.05) is 16.6 Å². The second-order valence-electron chi connectivity index (χ2n) is 3.69. The second-order valence-corrected chi connectivity index (χ2v) is 4.68. The van der Waals surface area contributed by atoms with Crippen molar-refractivity contribution in [3.05, 3.63) is 17.3 Å². The molecule has 0 saturated carbocycles. The molecule has 19 heavy (non-hydrogen) atoms. The molecule has 2 aromatic rings. The van der Waals surface area contributed by atoms with Gasteiger partial charge in [-0.2, -0.15) is 0 Å². The van der Waals surface area contributed by atoms with Gasteiger partial charge >= 0.3 is 0 Å². The predicted octanol–water partition coefficient (Wildman–Crippen LogP) is 0.179. The molecule has 0 aromatic carbocycles. The number of thiazole rings is 1. The van der Waals surface area contributed by atoms with E-state index in [0.29, 0.717) is 23.1 Å². The Morgan fingerprint density at radius 1 is 1.58 bits per heavy atom. The number of amides is 1. The standard InChI is InChI=1S/C10H15N7OS/c1-2-12-10-15-8(11)7(19-10)9(18)13-3-5-17-6-4-14-16-17/h4,6H,2-3,5,11H2,1H3,(H,12,15)(H,13,18). The van der Waals surface area contributed by atoms with Crippen molar-refractivity contribution in [3.8, 4) is 0 Å². The van der Waals surface area contributed by atoms with Gasteiger partial charge in [0.2, 0.25) is 0 Å². The number of hydrogen-bond donors (Lipinski definition) is 3. The van der Waals surface area contributed by atoms with E-state index in [0.717, 1.165) is 6.54 Å². The van der Waals surface area contributed by atoms with Crippen LogP contribution < -0.4 is 16.4 Å². The quantitative estimate of drug-likeness (QED) is 0.696.